The minimum atomic E-state index is 0.0924. The van der Waals surface area contributed by atoms with Crippen LogP contribution in [0, 0.1) is 5.41 Å². The number of hydrogen-bond donors (Lipinski definition) is 1. The third-order valence-corrected chi connectivity index (χ3v) is 6.10. The van der Waals surface area contributed by atoms with E-state index in [1.54, 1.807) is 18.1 Å². The second-order valence-electron chi connectivity index (χ2n) is 7.30. The van der Waals surface area contributed by atoms with E-state index in [0.29, 0.717) is 12.8 Å². The zero-order valence-electron chi connectivity index (χ0n) is 15.0. The number of nitrogens with one attached hydrogen (secondary N) is 1. The van der Waals surface area contributed by atoms with E-state index in [9.17, 15) is 9.59 Å². The molecule has 1 N–H and O–H groups in total. The fourth-order valence-electron chi connectivity index (χ4n) is 4.08. The molecule has 2 aliphatic rings. The molecule has 0 bridgehead atoms. The lowest BCUT2D eigenvalue weighted by atomic mass is 9.73. The van der Waals surface area contributed by atoms with Crippen LogP contribution in [-0.2, 0) is 16.0 Å². The van der Waals surface area contributed by atoms with E-state index >= 15 is 0 Å². The van der Waals surface area contributed by atoms with Crippen molar-refractivity contribution in [3.8, 4) is 0 Å². The van der Waals surface area contributed by atoms with Crippen molar-refractivity contribution < 1.29 is 9.59 Å². The van der Waals surface area contributed by atoms with Gasteiger partial charge in [0, 0.05) is 68.5 Å². The normalized spacial score (nSPS) is 24.1. The summed E-state index contributed by atoms with van der Waals surface area (Å²) in [5.74, 6) is 1.40. The van der Waals surface area contributed by atoms with Gasteiger partial charge in [-0.15, -0.1) is 0 Å². The summed E-state index contributed by atoms with van der Waals surface area (Å²) in [5, 5.41) is 0. The Morgan fingerprint density at radius 3 is 3.04 bits per heavy atom. The fourth-order valence-corrected chi connectivity index (χ4v) is 4.46. The first-order valence-corrected chi connectivity index (χ1v) is 10.5. The van der Waals surface area contributed by atoms with Crippen LogP contribution in [-0.4, -0.2) is 69.8 Å². The highest BCUT2D eigenvalue weighted by Gasteiger charge is 2.42. The van der Waals surface area contributed by atoms with E-state index in [2.05, 4.69) is 9.97 Å². The maximum absolute atomic E-state index is 12.4. The molecule has 3 heterocycles. The fraction of sp³-hybridized carbons (Fsp3) is 0.722. The SMILES string of the molecule is CSCCC(=O)N1CCCC2(CCC(=O)N(CCc3cnc[nH]3)C2)C1. The summed E-state index contributed by atoms with van der Waals surface area (Å²) in [4.78, 5) is 36.0. The minimum Gasteiger partial charge on any atom is -0.348 e. The number of carbonyl (C=O) groups is 2. The molecule has 0 aliphatic carbocycles. The molecule has 1 atom stereocenters. The molecule has 2 saturated heterocycles. The van der Waals surface area contributed by atoms with Crippen LogP contribution in [0.3, 0.4) is 0 Å². The molecule has 1 spiro atoms. The van der Waals surface area contributed by atoms with E-state index in [1.807, 2.05) is 22.3 Å². The number of amides is 2. The molecule has 2 fully saturated rings. The average molecular weight is 365 g/mol. The summed E-state index contributed by atoms with van der Waals surface area (Å²) in [5.41, 5.74) is 1.15. The number of carbonyl (C=O) groups excluding carboxylic acids is 2. The molecule has 2 amide bonds. The van der Waals surface area contributed by atoms with Crippen LogP contribution in [0.15, 0.2) is 12.5 Å². The van der Waals surface area contributed by atoms with Crippen LogP contribution in [0.25, 0.3) is 0 Å². The van der Waals surface area contributed by atoms with Crippen LogP contribution < -0.4 is 0 Å². The van der Waals surface area contributed by atoms with Crippen molar-refractivity contribution in [3.05, 3.63) is 18.2 Å². The summed E-state index contributed by atoms with van der Waals surface area (Å²) in [6.45, 7) is 3.20. The molecule has 3 rings (SSSR count). The molecule has 1 aromatic rings. The molecule has 6 nitrogen and oxygen atoms in total. The molecule has 0 radical (unpaired) electrons. The van der Waals surface area contributed by atoms with Gasteiger partial charge in [0.15, 0.2) is 0 Å². The van der Waals surface area contributed by atoms with Crippen molar-refractivity contribution in [1.82, 2.24) is 19.8 Å². The number of piperidine rings is 2. The van der Waals surface area contributed by atoms with Gasteiger partial charge < -0.3 is 14.8 Å². The van der Waals surface area contributed by atoms with Crippen molar-refractivity contribution in [2.45, 2.75) is 38.5 Å². The van der Waals surface area contributed by atoms with Gasteiger partial charge in [-0.2, -0.15) is 11.8 Å². The Balaban J connectivity index is 1.60. The molecule has 25 heavy (non-hydrogen) atoms. The second-order valence-corrected chi connectivity index (χ2v) is 8.29. The van der Waals surface area contributed by atoms with Gasteiger partial charge in [-0.05, 0) is 25.5 Å². The third-order valence-electron chi connectivity index (χ3n) is 5.49. The Morgan fingerprint density at radius 2 is 2.28 bits per heavy atom. The summed E-state index contributed by atoms with van der Waals surface area (Å²) < 4.78 is 0. The molecule has 138 valence electrons. The quantitative estimate of drug-likeness (QED) is 0.837. The monoisotopic (exact) mass is 364 g/mol. The van der Waals surface area contributed by atoms with Gasteiger partial charge in [-0.25, -0.2) is 4.98 Å². The molecule has 2 aliphatic heterocycles. The van der Waals surface area contributed by atoms with E-state index in [4.69, 9.17) is 0 Å². The first-order valence-electron chi connectivity index (χ1n) is 9.14. The van der Waals surface area contributed by atoms with Gasteiger partial charge in [-0.1, -0.05) is 0 Å². The first-order chi connectivity index (χ1) is 12.1. The summed E-state index contributed by atoms with van der Waals surface area (Å²) in [6.07, 6.45) is 10.6. The van der Waals surface area contributed by atoms with Crippen molar-refractivity contribution in [1.29, 1.82) is 0 Å². The van der Waals surface area contributed by atoms with Gasteiger partial charge >= 0.3 is 0 Å². The van der Waals surface area contributed by atoms with Crippen molar-refractivity contribution in [2.75, 3.05) is 38.2 Å². The number of imidazole rings is 1. The molecular weight excluding hydrogens is 336 g/mol. The van der Waals surface area contributed by atoms with Gasteiger partial charge in [0.1, 0.15) is 0 Å². The maximum atomic E-state index is 12.4. The molecule has 7 heteroatoms. The smallest absolute Gasteiger partial charge is 0.223 e. The predicted octanol–water partition coefficient (Wildman–Crippen LogP) is 1.94. The van der Waals surface area contributed by atoms with E-state index < -0.39 is 0 Å². The molecule has 0 aromatic carbocycles. The highest BCUT2D eigenvalue weighted by Crippen LogP contribution is 2.39. The van der Waals surface area contributed by atoms with Crippen LogP contribution in [0.5, 0.6) is 0 Å². The highest BCUT2D eigenvalue weighted by atomic mass is 32.2. The maximum Gasteiger partial charge on any atom is 0.223 e. The van der Waals surface area contributed by atoms with E-state index in [1.165, 1.54) is 0 Å². The van der Waals surface area contributed by atoms with Crippen molar-refractivity contribution in [2.24, 2.45) is 5.41 Å². The Labute approximate surface area is 153 Å². The summed E-state index contributed by atoms with van der Waals surface area (Å²) in [6, 6.07) is 0. The Morgan fingerprint density at radius 1 is 1.40 bits per heavy atom. The first kappa shape index (κ1) is 18.3. The van der Waals surface area contributed by atoms with E-state index in [-0.39, 0.29) is 17.2 Å². The minimum absolute atomic E-state index is 0.0924. The zero-order valence-corrected chi connectivity index (χ0v) is 15.8. The second kappa shape index (κ2) is 8.25. The largest absolute Gasteiger partial charge is 0.348 e. The van der Waals surface area contributed by atoms with Crippen LogP contribution in [0.1, 0.15) is 37.8 Å². The number of hydrogen-bond acceptors (Lipinski definition) is 4. The van der Waals surface area contributed by atoms with Crippen molar-refractivity contribution in [3.63, 3.8) is 0 Å². The van der Waals surface area contributed by atoms with Crippen LogP contribution in [0.2, 0.25) is 0 Å². The molecular formula is C18H28N4O2S. The number of likely N-dealkylation sites (tertiary alicyclic amines) is 2. The lowest BCUT2D eigenvalue weighted by molar-refractivity contribution is -0.142. The lowest BCUT2D eigenvalue weighted by Crippen LogP contribution is -2.55. The zero-order chi connectivity index (χ0) is 17.7. The predicted molar refractivity (Wildman–Crippen MR) is 99.4 cm³/mol. The number of nitrogens with zero attached hydrogens (tertiary/aromatic N) is 3. The Kier molecular flexibility index (Phi) is 6.04. The summed E-state index contributed by atoms with van der Waals surface area (Å²) in [7, 11) is 0. The topological polar surface area (TPSA) is 69.3 Å². The standard InChI is InChI=1S/C18H28N4O2S/c1-25-10-5-17(24)21-8-2-6-18(12-21)7-3-16(23)22(13-18)9-4-15-11-19-14-20-15/h11,14H,2-10,12-13H2,1H3,(H,19,20). The molecule has 0 saturated carbocycles. The number of aromatic nitrogens is 2. The van der Waals surface area contributed by atoms with Crippen LogP contribution in [0.4, 0.5) is 0 Å². The number of aromatic amines is 1. The molecule has 1 aromatic heterocycles. The van der Waals surface area contributed by atoms with Gasteiger partial charge in [0.05, 0.1) is 6.33 Å². The number of rotatable bonds is 6. The van der Waals surface area contributed by atoms with Gasteiger partial charge in [0.2, 0.25) is 11.8 Å². The van der Waals surface area contributed by atoms with Crippen LogP contribution >= 0.6 is 11.8 Å². The Bertz CT molecular complexity index is 592. The lowest BCUT2D eigenvalue weighted by Gasteiger charge is -2.48. The van der Waals surface area contributed by atoms with E-state index in [0.717, 1.165) is 63.3 Å². The molecule has 1 unspecified atom stereocenters. The van der Waals surface area contributed by atoms with Gasteiger partial charge in [0.25, 0.3) is 0 Å². The van der Waals surface area contributed by atoms with Crippen molar-refractivity contribution >= 4 is 23.6 Å². The number of thioether (sulfide) groups is 1. The third kappa shape index (κ3) is 4.57. The Hall–Kier alpha value is -1.50. The summed E-state index contributed by atoms with van der Waals surface area (Å²) >= 11 is 1.72. The highest BCUT2D eigenvalue weighted by molar-refractivity contribution is 7.98. The van der Waals surface area contributed by atoms with Gasteiger partial charge in [-0.3, -0.25) is 9.59 Å². The average Bonchev–Trinajstić information content (AvgIpc) is 3.14. The number of H-pyrrole nitrogens is 1.